The number of carbonyl (C=O) groups excluding carboxylic acids is 2. The number of amides is 2. The van der Waals surface area contributed by atoms with Gasteiger partial charge in [0.1, 0.15) is 5.82 Å². The fourth-order valence-electron chi connectivity index (χ4n) is 2.80. The molecule has 0 spiro atoms. The van der Waals surface area contributed by atoms with Crippen molar-refractivity contribution in [2.24, 2.45) is 0 Å². The quantitative estimate of drug-likeness (QED) is 0.390. The Bertz CT molecular complexity index is 1140. The highest BCUT2D eigenvalue weighted by atomic mass is 32.2. The first-order valence-corrected chi connectivity index (χ1v) is 10.6. The van der Waals surface area contributed by atoms with Gasteiger partial charge >= 0.3 is 0 Å². The lowest BCUT2D eigenvalue weighted by Crippen LogP contribution is -2.18. The van der Waals surface area contributed by atoms with E-state index in [2.05, 4.69) is 20.8 Å². The van der Waals surface area contributed by atoms with Crippen molar-refractivity contribution in [3.8, 4) is 0 Å². The number of nitrogens with one attached hydrogen (secondary N) is 2. The van der Waals surface area contributed by atoms with Gasteiger partial charge in [-0.25, -0.2) is 13.2 Å². The zero-order valence-electron chi connectivity index (χ0n) is 17.3. The van der Waals surface area contributed by atoms with E-state index in [9.17, 15) is 22.8 Å². The Hall–Kier alpha value is -3.34. The summed E-state index contributed by atoms with van der Waals surface area (Å²) in [6, 6.07) is 9.03. The zero-order chi connectivity index (χ0) is 23.3. The van der Waals surface area contributed by atoms with Crippen LogP contribution in [0.25, 0.3) is 0 Å². The zero-order valence-corrected chi connectivity index (χ0v) is 18.1. The largest absolute Gasteiger partial charge is 0.326 e. The second kappa shape index (κ2) is 10.3. The molecule has 1 aromatic heterocycles. The molecular weight excluding hydrogens is 443 g/mol. The number of nitrogens with zero attached hydrogens (tertiary/aromatic N) is 3. The summed E-state index contributed by atoms with van der Waals surface area (Å²) in [5.41, 5.74) is 1.28. The molecule has 0 atom stereocenters. The van der Waals surface area contributed by atoms with Crippen LogP contribution in [-0.4, -0.2) is 32.3 Å². The molecule has 2 N–H and O–H groups in total. The van der Waals surface area contributed by atoms with Crippen LogP contribution in [0.4, 0.5) is 24.5 Å². The van der Waals surface area contributed by atoms with E-state index in [1.165, 1.54) is 0 Å². The number of hydrogen-bond donors (Lipinski definition) is 2. The van der Waals surface area contributed by atoms with Crippen LogP contribution in [0.1, 0.15) is 18.3 Å². The molecule has 0 aliphatic carbocycles. The fourth-order valence-corrected chi connectivity index (χ4v) is 3.62. The minimum atomic E-state index is -1.66. The maximum Gasteiger partial charge on any atom is 0.234 e. The number of benzene rings is 2. The van der Waals surface area contributed by atoms with Gasteiger partial charge in [-0.1, -0.05) is 29.5 Å². The summed E-state index contributed by atoms with van der Waals surface area (Å²) >= 11 is 1.02. The predicted octanol–water partition coefficient (Wildman–Crippen LogP) is 3.94. The van der Waals surface area contributed by atoms with E-state index in [0.717, 1.165) is 29.5 Å². The molecule has 3 aromatic rings. The molecule has 11 heteroatoms. The molecule has 0 fully saturated rings. The number of rotatable bonds is 8. The Labute approximate surface area is 186 Å². The third kappa shape index (κ3) is 5.67. The Balaban J connectivity index is 1.59. The van der Waals surface area contributed by atoms with Crippen LogP contribution in [0.2, 0.25) is 0 Å². The third-order valence-corrected chi connectivity index (χ3v) is 5.37. The topological polar surface area (TPSA) is 88.9 Å². The van der Waals surface area contributed by atoms with E-state index in [-0.39, 0.29) is 18.1 Å². The number of carbonyl (C=O) groups is 2. The average molecular weight is 463 g/mol. The van der Waals surface area contributed by atoms with Crippen molar-refractivity contribution < 1.29 is 22.8 Å². The molecule has 0 aliphatic heterocycles. The number of anilines is 2. The van der Waals surface area contributed by atoms with Crippen molar-refractivity contribution >= 4 is 35.0 Å². The summed E-state index contributed by atoms with van der Waals surface area (Å²) in [5.74, 6) is -5.12. The van der Waals surface area contributed by atoms with Crippen molar-refractivity contribution in [2.75, 3.05) is 16.4 Å². The van der Waals surface area contributed by atoms with Crippen LogP contribution in [0.5, 0.6) is 0 Å². The molecular formula is C21H20F3N5O2S. The van der Waals surface area contributed by atoms with Gasteiger partial charge in [0, 0.05) is 12.2 Å². The van der Waals surface area contributed by atoms with Gasteiger partial charge < -0.3 is 15.2 Å². The van der Waals surface area contributed by atoms with E-state index < -0.39 is 29.0 Å². The van der Waals surface area contributed by atoms with E-state index in [0.29, 0.717) is 23.2 Å². The van der Waals surface area contributed by atoms with Crippen molar-refractivity contribution in [3.05, 3.63) is 65.2 Å². The first-order chi connectivity index (χ1) is 15.3. The minimum Gasteiger partial charge on any atom is -0.326 e. The first kappa shape index (κ1) is 23.3. The molecule has 0 saturated carbocycles. The smallest absolute Gasteiger partial charge is 0.234 e. The van der Waals surface area contributed by atoms with Crippen molar-refractivity contribution in [1.29, 1.82) is 0 Å². The highest BCUT2D eigenvalue weighted by Crippen LogP contribution is 2.22. The SMILES string of the molecule is CCn1c(CC(=O)Nc2ccc(C)cc2)nnc1SCC(=O)Nc1ccc(F)c(F)c1F. The second-order valence-corrected chi connectivity index (χ2v) is 7.74. The van der Waals surface area contributed by atoms with Crippen molar-refractivity contribution in [1.82, 2.24) is 14.8 Å². The molecule has 1 heterocycles. The normalized spacial score (nSPS) is 10.8. The minimum absolute atomic E-state index is 0.0124. The molecule has 2 aromatic carbocycles. The van der Waals surface area contributed by atoms with E-state index in [4.69, 9.17) is 0 Å². The van der Waals surface area contributed by atoms with Gasteiger partial charge in [0.15, 0.2) is 22.6 Å². The van der Waals surface area contributed by atoms with Gasteiger partial charge in [0.05, 0.1) is 17.9 Å². The standard InChI is InChI=1S/C21H20F3N5O2S/c1-3-29-16(10-17(30)25-13-6-4-12(2)5-7-13)27-28-21(29)32-11-18(31)26-15-9-8-14(22)19(23)20(15)24/h4-9H,3,10-11H2,1-2H3,(H,25,30)(H,26,31). The third-order valence-electron chi connectivity index (χ3n) is 4.41. The van der Waals surface area contributed by atoms with Crippen LogP contribution in [-0.2, 0) is 22.6 Å². The highest BCUT2D eigenvalue weighted by Gasteiger charge is 2.18. The Morgan fingerprint density at radius 1 is 0.969 bits per heavy atom. The lowest BCUT2D eigenvalue weighted by molar-refractivity contribution is -0.116. The summed E-state index contributed by atoms with van der Waals surface area (Å²) < 4.78 is 41.7. The number of thioether (sulfide) groups is 1. The maximum absolute atomic E-state index is 13.7. The molecule has 0 radical (unpaired) electrons. The summed E-state index contributed by atoms with van der Waals surface area (Å²) in [4.78, 5) is 24.5. The van der Waals surface area contributed by atoms with Crippen LogP contribution >= 0.6 is 11.8 Å². The molecule has 0 unspecified atom stereocenters. The molecule has 0 saturated heterocycles. The average Bonchev–Trinajstić information content (AvgIpc) is 3.15. The van der Waals surface area contributed by atoms with Crippen LogP contribution in [0.3, 0.4) is 0 Å². The van der Waals surface area contributed by atoms with E-state index >= 15 is 0 Å². The fraction of sp³-hybridized carbons (Fsp3) is 0.238. The molecule has 168 valence electrons. The van der Waals surface area contributed by atoms with Crippen molar-refractivity contribution in [3.63, 3.8) is 0 Å². The molecule has 0 aliphatic rings. The van der Waals surface area contributed by atoms with Crippen molar-refractivity contribution in [2.45, 2.75) is 32.0 Å². The molecule has 7 nitrogen and oxygen atoms in total. The molecule has 0 bridgehead atoms. The van der Waals surface area contributed by atoms with Crippen LogP contribution in [0, 0.1) is 24.4 Å². The Morgan fingerprint density at radius 3 is 2.38 bits per heavy atom. The van der Waals surface area contributed by atoms with Gasteiger partial charge in [0.25, 0.3) is 0 Å². The number of halogens is 3. The lowest BCUT2D eigenvalue weighted by Gasteiger charge is -2.09. The molecule has 2 amide bonds. The second-order valence-electron chi connectivity index (χ2n) is 6.79. The number of aromatic nitrogens is 3. The van der Waals surface area contributed by atoms with Crippen LogP contribution < -0.4 is 10.6 Å². The van der Waals surface area contributed by atoms with Gasteiger partial charge in [-0.2, -0.15) is 0 Å². The van der Waals surface area contributed by atoms with Gasteiger partial charge in [-0.15, -0.1) is 10.2 Å². The highest BCUT2D eigenvalue weighted by molar-refractivity contribution is 7.99. The van der Waals surface area contributed by atoms with Gasteiger partial charge in [0.2, 0.25) is 11.8 Å². The summed E-state index contributed by atoms with van der Waals surface area (Å²) in [7, 11) is 0. The van der Waals surface area contributed by atoms with E-state index in [1.807, 2.05) is 26.0 Å². The number of aryl methyl sites for hydroxylation is 1. The monoisotopic (exact) mass is 463 g/mol. The summed E-state index contributed by atoms with van der Waals surface area (Å²) in [6.45, 7) is 4.25. The summed E-state index contributed by atoms with van der Waals surface area (Å²) in [5, 5.41) is 13.4. The Kier molecular flexibility index (Phi) is 7.52. The molecule has 3 rings (SSSR count). The predicted molar refractivity (Wildman–Crippen MR) is 115 cm³/mol. The number of hydrogen-bond acceptors (Lipinski definition) is 5. The van der Waals surface area contributed by atoms with Gasteiger partial charge in [-0.05, 0) is 38.1 Å². The van der Waals surface area contributed by atoms with Gasteiger partial charge in [-0.3, -0.25) is 9.59 Å². The Morgan fingerprint density at radius 2 is 1.69 bits per heavy atom. The first-order valence-electron chi connectivity index (χ1n) is 9.63. The maximum atomic E-state index is 13.7. The molecule has 32 heavy (non-hydrogen) atoms. The summed E-state index contributed by atoms with van der Waals surface area (Å²) in [6.07, 6.45) is -0.0124. The lowest BCUT2D eigenvalue weighted by atomic mass is 10.2. The van der Waals surface area contributed by atoms with Crippen LogP contribution in [0.15, 0.2) is 41.6 Å². The van der Waals surface area contributed by atoms with E-state index in [1.54, 1.807) is 16.7 Å².